The van der Waals surface area contributed by atoms with E-state index in [1.807, 2.05) is 11.8 Å². The summed E-state index contributed by atoms with van der Waals surface area (Å²) in [5.41, 5.74) is 7.21. The molecule has 104 valence electrons. The van der Waals surface area contributed by atoms with E-state index in [0.717, 1.165) is 12.8 Å². The van der Waals surface area contributed by atoms with Crippen molar-refractivity contribution in [3.05, 3.63) is 65.2 Å². The zero-order chi connectivity index (χ0) is 13.9. The maximum Gasteiger partial charge on any atom is 0.0376 e. The van der Waals surface area contributed by atoms with Gasteiger partial charge in [-0.2, -0.15) is 0 Å². The monoisotopic (exact) mass is 284 g/mol. The molecule has 0 amide bonds. The van der Waals surface area contributed by atoms with Gasteiger partial charge in [0.05, 0.1) is 0 Å². The highest BCUT2D eigenvalue weighted by atomic mass is 32.2. The molecule has 2 nitrogen and oxygen atoms in total. The average Bonchev–Trinajstić information content (AvgIpc) is 2.90. The zero-order valence-corrected chi connectivity index (χ0v) is 12.5. The van der Waals surface area contributed by atoms with Crippen molar-refractivity contribution >= 4 is 11.8 Å². The fraction of sp³-hybridized carbons (Fsp3) is 0.294. The lowest BCUT2D eigenvalue weighted by Gasteiger charge is -2.22. The molecule has 3 N–H and O–H groups in total. The van der Waals surface area contributed by atoms with Gasteiger partial charge >= 0.3 is 0 Å². The minimum Gasteiger partial charge on any atom is -0.271 e. The van der Waals surface area contributed by atoms with Gasteiger partial charge in [0.1, 0.15) is 0 Å². The van der Waals surface area contributed by atoms with Crippen molar-refractivity contribution in [3.8, 4) is 0 Å². The Kier molecular flexibility index (Phi) is 4.10. The highest BCUT2D eigenvalue weighted by molar-refractivity contribution is 8.00. The molecule has 0 bridgehead atoms. The number of aryl methyl sites for hydroxylation is 1. The first-order valence-electron chi connectivity index (χ1n) is 7.03. The number of hydrogen-bond acceptors (Lipinski definition) is 3. The summed E-state index contributed by atoms with van der Waals surface area (Å²) < 4.78 is 0. The van der Waals surface area contributed by atoms with Crippen molar-refractivity contribution < 1.29 is 0 Å². The van der Waals surface area contributed by atoms with Crippen molar-refractivity contribution in [2.24, 2.45) is 5.84 Å². The number of benzene rings is 2. The summed E-state index contributed by atoms with van der Waals surface area (Å²) in [7, 11) is 0. The second-order valence-corrected chi connectivity index (χ2v) is 6.65. The van der Waals surface area contributed by atoms with Gasteiger partial charge in [-0.05, 0) is 42.5 Å². The Hall–Kier alpha value is -1.29. The Balaban J connectivity index is 1.74. The maximum atomic E-state index is 5.82. The summed E-state index contributed by atoms with van der Waals surface area (Å²) in [6.45, 7) is 2.17. The molecule has 1 aliphatic heterocycles. The molecule has 1 heterocycles. The first-order valence-corrected chi connectivity index (χ1v) is 7.91. The Morgan fingerprint density at radius 1 is 1.20 bits per heavy atom. The largest absolute Gasteiger partial charge is 0.271 e. The van der Waals surface area contributed by atoms with Crippen LogP contribution in [0, 0.1) is 6.92 Å². The quantitative estimate of drug-likeness (QED) is 0.669. The lowest BCUT2D eigenvalue weighted by atomic mass is 9.97. The smallest absolute Gasteiger partial charge is 0.0376 e. The standard InChI is InChI=1S/C17H20N2S/c1-12-6-2-3-7-13(12)10-15(19-18)17-11-14-8-4-5-9-16(14)20-17/h2-9,15,17,19H,10-11,18H2,1H3. The summed E-state index contributed by atoms with van der Waals surface area (Å²) >= 11 is 1.95. The lowest BCUT2D eigenvalue weighted by Crippen LogP contribution is -2.44. The summed E-state index contributed by atoms with van der Waals surface area (Å²) in [6, 6.07) is 17.5. The molecule has 0 saturated heterocycles. The van der Waals surface area contributed by atoms with Gasteiger partial charge in [0.2, 0.25) is 0 Å². The number of nitrogens with one attached hydrogen (secondary N) is 1. The van der Waals surface area contributed by atoms with Gasteiger partial charge < -0.3 is 0 Å². The number of hydrazine groups is 1. The molecule has 0 spiro atoms. The van der Waals surface area contributed by atoms with E-state index in [-0.39, 0.29) is 0 Å². The van der Waals surface area contributed by atoms with Crippen LogP contribution in [-0.4, -0.2) is 11.3 Å². The van der Waals surface area contributed by atoms with Gasteiger partial charge in [-0.25, -0.2) is 0 Å². The van der Waals surface area contributed by atoms with E-state index in [2.05, 4.69) is 60.9 Å². The molecule has 0 saturated carbocycles. The predicted octanol–water partition coefficient (Wildman–Crippen LogP) is 3.09. The van der Waals surface area contributed by atoms with E-state index in [1.54, 1.807) is 0 Å². The molecule has 1 aliphatic rings. The zero-order valence-electron chi connectivity index (χ0n) is 11.7. The Morgan fingerprint density at radius 2 is 1.95 bits per heavy atom. The molecule has 2 aromatic carbocycles. The van der Waals surface area contributed by atoms with Crippen LogP contribution in [0.1, 0.15) is 16.7 Å². The number of nitrogens with two attached hydrogens (primary N) is 1. The van der Waals surface area contributed by atoms with E-state index in [4.69, 9.17) is 5.84 Å². The molecule has 0 aliphatic carbocycles. The molecule has 3 rings (SSSR count). The number of rotatable bonds is 4. The van der Waals surface area contributed by atoms with E-state index in [0.29, 0.717) is 11.3 Å². The average molecular weight is 284 g/mol. The van der Waals surface area contributed by atoms with Crippen LogP contribution in [0.25, 0.3) is 0 Å². The SMILES string of the molecule is Cc1ccccc1CC(NN)C1Cc2ccccc2S1. The van der Waals surface area contributed by atoms with Crippen LogP contribution in [0.3, 0.4) is 0 Å². The summed E-state index contributed by atoms with van der Waals surface area (Å²) in [4.78, 5) is 1.41. The van der Waals surface area contributed by atoms with Crippen molar-refractivity contribution in [2.75, 3.05) is 0 Å². The summed E-state index contributed by atoms with van der Waals surface area (Å²) in [5.74, 6) is 5.82. The molecule has 20 heavy (non-hydrogen) atoms. The first-order chi connectivity index (χ1) is 9.78. The van der Waals surface area contributed by atoms with Crippen LogP contribution in [0.5, 0.6) is 0 Å². The van der Waals surface area contributed by atoms with Gasteiger partial charge in [-0.1, -0.05) is 42.5 Å². The van der Waals surface area contributed by atoms with Gasteiger partial charge in [-0.3, -0.25) is 11.3 Å². The highest BCUT2D eigenvalue weighted by Crippen LogP contribution is 2.38. The van der Waals surface area contributed by atoms with Gasteiger partial charge in [-0.15, -0.1) is 11.8 Å². The third-order valence-electron chi connectivity index (χ3n) is 4.04. The molecular weight excluding hydrogens is 264 g/mol. The Bertz CT molecular complexity index is 572. The minimum atomic E-state index is 0.300. The van der Waals surface area contributed by atoms with Gasteiger partial charge in [0, 0.05) is 16.2 Å². The van der Waals surface area contributed by atoms with E-state index in [9.17, 15) is 0 Å². The molecule has 2 aromatic rings. The van der Waals surface area contributed by atoms with Gasteiger partial charge in [0.15, 0.2) is 0 Å². The predicted molar refractivity (Wildman–Crippen MR) is 85.8 cm³/mol. The molecule has 0 radical (unpaired) electrons. The molecule has 0 aromatic heterocycles. The first kappa shape index (κ1) is 13.7. The van der Waals surface area contributed by atoms with Crippen LogP contribution < -0.4 is 11.3 Å². The number of hydrogen-bond donors (Lipinski definition) is 2. The van der Waals surface area contributed by atoms with Gasteiger partial charge in [0.25, 0.3) is 0 Å². The Labute approximate surface area is 124 Å². The van der Waals surface area contributed by atoms with Crippen LogP contribution in [-0.2, 0) is 12.8 Å². The van der Waals surface area contributed by atoms with Crippen LogP contribution in [0.2, 0.25) is 0 Å². The van der Waals surface area contributed by atoms with Crippen molar-refractivity contribution in [3.63, 3.8) is 0 Å². The second-order valence-electron chi connectivity index (χ2n) is 5.37. The van der Waals surface area contributed by atoms with E-state index in [1.165, 1.54) is 21.6 Å². The van der Waals surface area contributed by atoms with Crippen LogP contribution >= 0.6 is 11.8 Å². The third kappa shape index (κ3) is 2.75. The Morgan fingerprint density at radius 3 is 2.70 bits per heavy atom. The third-order valence-corrected chi connectivity index (χ3v) is 5.49. The minimum absolute atomic E-state index is 0.300. The highest BCUT2D eigenvalue weighted by Gasteiger charge is 2.29. The summed E-state index contributed by atoms with van der Waals surface area (Å²) in [5, 5.41) is 0.511. The second kappa shape index (κ2) is 6.00. The fourth-order valence-electron chi connectivity index (χ4n) is 2.81. The maximum absolute atomic E-state index is 5.82. The van der Waals surface area contributed by atoms with E-state index >= 15 is 0 Å². The van der Waals surface area contributed by atoms with Crippen molar-refractivity contribution in [1.82, 2.24) is 5.43 Å². The number of thioether (sulfide) groups is 1. The molecule has 2 unspecified atom stereocenters. The fourth-order valence-corrected chi connectivity index (χ4v) is 4.20. The lowest BCUT2D eigenvalue weighted by molar-refractivity contribution is 0.506. The normalized spacial score (nSPS) is 18.8. The molecule has 2 atom stereocenters. The number of fused-ring (bicyclic) bond motifs is 1. The molecule has 3 heteroatoms. The molecular formula is C17H20N2S. The van der Waals surface area contributed by atoms with E-state index < -0.39 is 0 Å². The summed E-state index contributed by atoms with van der Waals surface area (Å²) in [6.07, 6.45) is 2.08. The van der Waals surface area contributed by atoms with Crippen LogP contribution in [0.15, 0.2) is 53.4 Å². The molecule has 0 fully saturated rings. The van der Waals surface area contributed by atoms with Crippen LogP contribution in [0.4, 0.5) is 0 Å². The topological polar surface area (TPSA) is 38.0 Å². The van der Waals surface area contributed by atoms with Crippen molar-refractivity contribution in [1.29, 1.82) is 0 Å². The van der Waals surface area contributed by atoms with Crippen molar-refractivity contribution in [2.45, 2.75) is 36.0 Å².